The first kappa shape index (κ1) is 20.2. The molecule has 9 nitrogen and oxygen atoms in total. The van der Waals surface area contributed by atoms with Crippen LogP contribution in [0.4, 0.5) is 19.0 Å². The van der Waals surface area contributed by atoms with Gasteiger partial charge in [0.15, 0.2) is 11.5 Å². The van der Waals surface area contributed by atoms with E-state index in [1.807, 2.05) is 0 Å². The molecule has 1 fully saturated rings. The number of hydrogen-bond donors (Lipinski definition) is 3. The molecule has 0 spiro atoms. The van der Waals surface area contributed by atoms with E-state index < -0.39 is 18.2 Å². The van der Waals surface area contributed by atoms with Crippen molar-refractivity contribution in [3.05, 3.63) is 17.0 Å². The van der Waals surface area contributed by atoms with Gasteiger partial charge in [-0.25, -0.2) is 5.43 Å². The Kier molecular flexibility index (Phi) is 5.42. The van der Waals surface area contributed by atoms with Crippen LogP contribution in [-0.4, -0.2) is 45.6 Å². The first-order valence-electron chi connectivity index (χ1n) is 8.82. The highest BCUT2D eigenvalue weighted by Crippen LogP contribution is 2.30. The highest BCUT2D eigenvalue weighted by Gasteiger charge is 2.38. The van der Waals surface area contributed by atoms with Crippen LogP contribution in [0.1, 0.15) is 29.8 Å². The lowest BCUT2D eigenvalue weighted by Gasteiger charge is -2.22. The minimum Gasteiger partial charge on any atom is -0.358 e. The van der Waals surface area contributed by atoms with Crippen molar-refractivity contribution < 1.29 is 13.2 Å². The molecule has 0 bridgehead atoms. The fourth-order valence-corrected chi connectivity index (χ4v) is 3.36. The van der Waals surface area contributed by atoms with Crippen LogP contribution in [0.2, 0.25) is 0 Å². The van der Waals surface area contributed by atoms with Gasteiger partial charge in [0.2, 0.25) is 0 Å². The van der Waals surface area contributed by atoms with Crippen molar-refractivity contribution in [2.75, 3.05) is 18.5 Å². The number of nitrogens with one attached hydrogen (secondary N) is 2. The van der Waals surface area contributed by atoms with E-state index in [1.165, 1.54) is 0 Å². The summed E-state index contributed by atoms with van der Waals surface area (Å²) in [5.41, 5.74) is 13.1. The van der Waals surface area contributed by atoms with Gasteiger partial charge in [0.25, 0.3) is 5.82 Å². The Labute approximate surface area is 159 Å². The first-order valence-corrected chi connectivity index (χ1v) is 8.82. The molecule has 3 atom stereocenters. The van der Waals surface area contributed by atoms with Crippen LogP contribution < -0.4 is 21.5 Å². The van der Waals surface area contributed by atoms with E-state index in [0.29, 0.717) is 30.8 Å². The summed E-state index contributed by atoms with van der Waals surface area (Å²) in [6, 6.07) is 2.11. The Bertz CT molecular complexity index is 901. The van der Waals surface area contributed by atoms with Gasteiger partial charge in [-0.05, 0) is 26.7 Å². The number of fused-ring (bicyclic) bond motifs is 1. The predicted molar refractivity (Wildman–Crippen MR) is 94.9 cm³/mol. The van der Waals surface area contributed by atoms with E-state index in [2.05, 4.69) is 32.2 Å². The zero-order valence-corrected chi connectivity index (χ0v) is 15.7. The number of hydrogen-bond acceptors (Lipinski definition) is 8. The minimum absolute atomic E-state index is 0.0821. The Hall–Kier alpha value is -2.49. The van der Waals surface area contributed by atoms with Gasteiger partial charge in [-0.15, -0.1) is 15.3 Å². The quantitative estimate of drug-likeness (QED) is 0.680. The number of aryl methyl sites for hydroxylation is 1. The molecule has 1 aliphatic heterocycles. The van der Waals surface area contributed by atoms with Crippen LogP contribution in [0.5, 0.6) is 0 Å². The van der Waals surface area contributed by atoms with Crippen molar-refractivity contribution >= 4 is 11.5 Å². The number of nitriles is 1. The zero-order chi connectivity index (χ0) is 20.6. The molecule has 1 saturated heterocycles. The van der Waals surface area contributed by atoms with Crippen molar-refractivity contribution in [2.24, 2.45) is 11.7 Å². The van der Waals surface area contributed by atoms with Crippen LogP contribution in [0.15, 0.2) is 0 Å². The van der Waals surface area contributed by atoms with Gasteiger partial charge in [-0.1, -0.05) is 0 Å². The standard InChI is InChI=1S/C16H22F3N9/c1-8-9(2)14(26-28-13(8)24-25-15(28)16(17,18)19)27(3)6-4-5-11-10(7-20)12(21)23-22-11/h10-12,22-23H,4-6,21H2,1-3H3. The van der Waals surface area contributed by atoms with Crippen molar-refractivity contribution in [3.63, 3.8) is 0 Å². The summed E-state index contributed by atoms with van der Waals surface area (Å²) >= 11 is 0. The minimum atomic E-state index is -4.64. The molecular weight excluding hydrogens is 375 g/mol. The number of halogens is 3. The molecule has 1 aliphatic rings. The van der Waals surface area contributed by atoms with Gasteiger partial charge in [-0.2, -0.15) is 22.9 Å². The Balaban J connectivity index is 1.77. The highest BCUT2D eigenvalue weighted by molar-refractivity contribution is 5.59. The first-order chi connectivity index (χ1) is 13.1. The van der Waals surface area contributed by atoms with E-state index in [4.69, 9.17) is 5.73 Å². The number of rotatable bonds is 5. The summed E-state index contributed by atoms with van der Waals surface area (Å²) in [4.78, 5) is 1.80. The second-order valence-electron chi connectivity index (χ2n) is 6.97. The van der Waals surface area contributed by atoms with Gasteiger partial charge < -0.3 is 10.6 Å². The average Bonchev–Trinajstić information content (AvgIpc) is 3.21. The summed E-state index contributed by atoms with van der Waals surface area (Å²) in [5, 5.41) is 20.2. The molecule has 28 heavy (non-hydrogen) atoms. The van der Waals surface area contributed by atoms with Gasteiger partial charge in [0, 0.05) is 30.8 Å². The summed E-state index contributed by atoms with van der Waals surface area (Å²) in [6.45, 7) is 4.04. The summed E-state index contributed by atoms with van der Waals surface area (Å²) in [5.74, 6) is -1.05. The largest absolute Gasteiger partial charge is 0.453 e. The highest BCUT2D eigenvalue weighted by atomic mass is 19.4. The number of alkyl halides is 3. The Morgan fingerprint density at radius 1 is 1.25 bits per heavy atom. The lowest BCUT2D eigenvalue weighted by molar-refractivity contribution is -0.146. The van der Waals surface area contributed by atoms with E-state index in [1.54, 1.807) is 25.8 Å². The van der Waals surface area contributed by atoms with Crippen molar-refractivity contribution in [1.29, 1.82) is 5.26 Å². The second-order valence-corrected chi connectivity index (χ2v) is 6.97. The molecule has 0 amide bonds. The molecule has 152 valence electrons. The van der Waals surface area contributed by atoms with E-state index in [9.17, 15) is 18.4 Å². The number of hydrazine groups is 1. The normalized spacial score (nSPS) is 22.6. The molecule has 0 radical (unpaired) electrons. The number of aromatic nitrogens is 4. The summed E-state index contributed by atoms with van der Waals surface area (Å²) in [7, 11) is 1.77. The van der Waals surface area contributed by atoms with Crippen LogP contribution in [0.3, 0.4) is 0 Å². The fourth-order valence-electron chi connectivity index (χ4n) is 3.36. The maximum Gasteiger partial charge on any atom is 0.453 e. The lowest BCUT2D eigenvalue weighted by atomic mass is 9.97. The predicted octanol–water partition coefficient (Wildman–Crippen LogP) is 0.877. The van der Waals surface area contributed by atoms with Crippen LogP contribution in [0.25, 0.3) is 5.65 Å². The zero-order valence-electron chi connectivity index (χ0n) is 15.7. The molecule has 0 aliphatic carbocycles. The van der Waals surface area contributed by atoms with Crippen LogP contribution >= 0.6 is 0 Å². The second kappa shape index (κ2) is 7.50. The maximum absolute atomic E-state index is 13.2. The number of anilines is 1. The van der Waals surface area contributed by atoms with Gasteiger partial charge >= 0.3 is 6.18 Å². The average molecular weight is 397 g/mol. The molecule has 3 rings (SSSR count). The molecule has 2 aromatic heterocycles. The van der Waals surface area contributed by atoms with Crippen LogP contribution in [-0.2, 0) is 6.18 Å². The fraction of sp³-hybridized carbons (Fsp3) is 0.625. The molecule has 12 heteroatoms. The molecule has 3 unspecified atom stereocenters. The monoisotopic (exact) mass is 397 g/mol. The third-order valence-electron chi connectivity index (χ3n) is 5.10. The topological polar surface area (TPSA) is 120 Å². The smallest absolute Gasteiger partial charge is 0.358 e. The molecule has 3 heterocycles. The Morgan fingerprint density at radius 2 is 1.96 bits per heavy atom. The van der Waals surface area contributed by atoms with Gasteiger partial charge in [0.05, 0.1) is 18.2 Å². The summed E-state index contributed by atoms with van der Waals surface area (Å²) < 4.78 is 40.3. The maximum atomic E-state index is 13.2. The van der Waals surface area contributed by atoms with E-state index in [-0.39, 0.29) is 17.6 Å². The van der Waals surface area contributed by atoms with Crippen molar-refractivity contribution in [2.45, 2.75) is 45.1 Å². The van der Waals surface area contributed by atoms with Crippen LogP contribution in [0, 0.1) is 31.1 Å². The number of nitrogens with two attached hydrogens (primary N) is 1. The van der Waals surface area contributed by atoms with Gasteiger partial charge in [0.1, 0.15) is 0 Å². The molecule has 2 aromatic rings. The van der Waals surface area contributed by atoms with E-state index in [0.717, 1.165) is 10.1 Å². The summed E-state index contributed by atoms with van der Waals surface area (Å²) in [6.07, 6.45) is -3.68. The van der Waals surface area contributed by atoms with Gasteiger partial charge in [-0.3, -0.25) is 5.43 Å². The third kappa shape index (κ3) is 3.60. The molecule has 0 aromatic carbocycles. The molecular formula is C16H22F3N9. The Morgan fingerprint density at radius 3 is 2.61 bits per heavy atom. The van der Waals surface area contributed by atoms with E-state index >= 15 is 0 Å². The SMILES string of the molecule is Cc1c(N(C)CCCC2NNC(N)C2C#N)nn2c(C(F)(F)F)nnc2c1C. The van der Waals surface area contributed by atoms with Crippen molar-refractivity contribution in [1.82, 2.24) is 30.7 Å². The third-order valence-corrected chi connectivity index (χ3v) is 5.10. The lowest BCUT2D eigenvalue weighted by Crippen LogP contribution is -2.38. The van der Waals surface area contributed by atoms with Crippen molar-refractivity contribution in [3.8, 4) is 6.07 Å². The number of nitrogens with zero attached hydrogens (tertiary/aromatic N) is 6. The molecule has 4 N–H and O–H groups in total. The molecule has 0 saturated carbocycles.